The molecule has 1 aromatic rings. The molecule has 0 fully saturated rings. The molecule has 1 heterocycles. The second-order valence-corrected chi connectivity index (χ2v) is 3.23. The van der Waals surface area contributed by atoms with Gasteiger partial charge in [0.05, 0.1) is 13.2 Å². The van der Waals surface area contributed by atoms with E-state index >= 15 is 0 Å². The van der Waals surface area contributed by atoms with E-state index in [0.717, 1.165) is 5.56 Å². The molecule has 0 radical (unpaired) electrons. The van der Waals surface area contributed by atoms with E-state index in [0.29, 0.717) is 24.3 Å². The predicted octanol–water partition coefficient (Wildman–Crippen LogP) is 1.12. The molecule has 0 unspecified atom stereocenters. The molecule has 82 valence electrons. The number of hydrogen-bond donors (Lipinski definition) is 1. The third-order valence-corrected chi connectivity index (χ3v) is 2.35. The molecule has 0 saturated heterocycles. The number of ether oxygens (including phenoxy) is 2. The molecule has 1 aromatic carbocycles. The van der Waals surface area contributed by atoms with Gasteiger partial charge < -0.3 is 14.3 Å². The standard InChI is InChI=1S/C10H12FNO3/c11-9-1-2-10-8(5-13-6-14-10)7(9)3-4-15-12/h1-2H,3-6,12H2. The summed E-state index contributed by atoms with van der Waals surface area (Å²) in [6.07, 6.45) is 0.415. The van der Waals surface area contributed by atoms with Gasteiger partial charge in [0, 0.05) is 12.0 Å². The van der Waals surface area contributed by atoms with Crippen LogP contribution in [0.15, 0.2) is 12.1 Å². The monoisotopic (exact) mass is 213 g/mol. The number of rotatable bonds is 3. The number of fused-ring (bicyclic) bond motifs is 1. The lowest BCUT2D eigenvalue weighted by Crippen LogP contribution is -2.15. The van der Waals surface area contributed by atoms with Crippen molar-refractivity contribution >= 4 is 0 Å². The first-order chi connectivity index (χ1) is 7.33. The normalized spacial score (nSPS) is 14.5. The number of nitrogens with two attached hydrogens (primary N) is 1. The Morgan fingerprint density at radius 3 is 3.13 bits per heavy atom. The average Bonchev–Trinajstić information content (AvgIpc) is 2.28. The maximum absolute atomic E-state index is 13.5. The minimum absolute atomic E-state index is 0.214. The Morgan fingerprint density at radius 2 is 2.33 bits per heavy atom. The van der Waals surface area contributed by atoms with Gasteiger partial charge in [-0.2, -0.15) is 0 Å². The molecule has 0 aliphatic carbocycles. The highest BCUT2D eigenvalue weighted by atomic mass is 19.1. The van der Waals surface area contributed by atoms with Crippen molar-refractivity contribution in [3.63, 3.8) is 0 Å². The highest BCUT2D eigenvalue weighted by molar-refractivity contribution is 5.41. The van der Waals surface area contributed by atoms with Crippen LogP contribution in [-0.4, -0.2) is 13.4 Å². The third-order valence-electron chi connectivity index (χ3n) is 2.35. The summed E-state index contributed by atoms with van der Waals surface area (Å²) in [4.78, 5) is 4.44. The van der Waals surface area contributed by atoms with E-state index in [9.17, 15) is 4.39 Å². The van der Waals surface area contributed by atoms with Crippen molar-refractivity contribution in [2.24, 2.45) is 5.90 Å². The van der Waals surface area contributed by atoms with Crippen LogP contribution in [0.3, 0.4) is 0 Å². The van der Waals surface area contributed by atoms with Crippen LogP contribution in [0.1, 0.15) is 11.1 Å². The molecule has 0 atom stereocenters. The van der Waals surface area contributed by atoms with Crippen molar-refractivity contribution in [1.82, 2.24) is 0 Å². The van der Waals surface area contributed by atoms with Crippen molar-refractivity contribution in [1.29, 1.82) is 0 Å². The lowest BCUT2D eigenvalue weighted by Gasteiger charge is -2.20. The molecule has 0 spiro atoms. The summed E-state index contributed by atoms with van der Waals surface area (Å²) >= 11 is 0. The fraction of sp³-hybridized carbons (Fsp3) is 0.400. The first-order valence-corrected chi connectivity index (χ1v) is 4.65. The third kappa shape index (κ3) is 2.09. The van der Waals surface area contributed by atoms with Crippen molar-refractivity contribution in [3.8, 4) is 5.75 Å². The van der Waals surface area contributed by atoms with Crippen LogP contribution >= 0.6 is 0 Å². The van der Waals surface area contributed by atoms with E-state index in [-0.39, 0.29) is 19.2 Å². The fourth-order valence-corrected chi connectivity index (χ4v) is 1.62. The van der Waals surface area contributed by atoms with E-state index in [1.807, 2.05) is 0 Å². The first-order valence-electron chi connectivity index (χ1n) is 4.65. The van der Waals surface area contributed by atoms with Gasteiger partial charge in [-0.05, 0) is 17.7 Å². The molecular weight excluding hydrogens is 201 g/mol. The molecular formula is C10H12FNO3. The molecule has 15 heavy (non-hydrogen) atoms. The summed E-state index contributed by atoms with van der Waals surface area (Å²) in [6, 6.07) is 3.00. The quantitative estimate of drug-likeness (QED) is 0.764. The van der Waals surface area contributed by atoms with Crippen LogP contribution in [0.25, 0.3) is 0 Å². The smallest absolute Gasteiger partial charge is 0.189 e. The van der Waals surface area contributed by atoms with E-state index in [4.69, 9.17) is 15.4 Å². The second kappa shape index (κ2) is 4.57. The predicted molar refractivity (Wildman–Crippen MR) is 50.5 cm³/mol. The van der Waals surface area contributed by atoms with Crippen LogP contribution in [0.2, 0.25) is 0 Å². The Hall–Kier alpha value is -1.17. The van der Waals surface area contributed by atoms with Crippen molar-refractivity contribution in [3.05, 3.63) is 29.1 Å². The Kier molecular flexibility index (Phi) is 3.15. The molecule has 2 rings (SSSR count). The molecule has 1 aliphatic heterocycles. The van der Waals surface area contributed by atoms with E-state index < -0.39 is 0 Å². The van der Waals surface area contributed by atoms with Gasteiger partial charge in [0.1, 0.15) is 11.6 Å². The summed E-state index contributed by atoms with van der Waals surface area (Å²) in [7, 11) is 0. The summed E-state index contributed by atoms with van der Waals surface area (Å²) in [5.41, 5.74) is 1.30. The zero-order chi connectivity index (χ0) is 10.7. The maximum Gasteiger partial charge on any atom is 0.189 e. The SMILES string of the molecule is NOCCc1c(F)ccc2c1COCO2. The van der Waals surface area contributed by atoms with Gasteiger partial charge in [-0.15, -0.1) is 0 Å². The minimum Gasteiger partial charge on any atom is -0.467 e. The number of hydrogen-bond acceptors (Lipinski definition) is 4. The van der Waals surface area contributed by atoms with Gasteiger partial charge in [-0.1, -0.05) is 0 Å². The van der Waals surface area contributed by atoms with Gasteiger partial charge in [0.2, 0.25) is 0 Å². The molecule has 5 heteroatoms. The van der Waals surface area contributed by atoms with E-state index in [1.165, 1.54) is 6.07 Å². The maximum atomic E-state index is 13.5. The van der Waals surface area contributed by atoms with E-state index in [1.54, 1.807) is 6.07 Å². The van der Waals surface area contributed by atoms with Gasteiger partial charge in [0.25, 0.3) is 0 Å². The lowest BCUT2D eigenvalue weighted by molar-refractivity contribution is -0.0172. The van der Waals surface area contributed by atoms with Crippen LogP contribution < -0.4 is 10.6 Å². The van der Waals surface area contributed by atoms with Crippen molar-refractivity contribution in [2.45, 2.75) is 13.0 Å². The molecule has 4 nitrogen and oxygen atoms in total. The molecule has 0 saturated carbocycles. The molecule has 1 aliphatic rings. The fourth-order valence-electron chi connectivity index (χ4n) is 1.62. The summed E-state index contributed by atoms with van der Waals surface area (Å²) in [5.74, 6) is 5.32. The molecule has 0 aromatic heterocycles. The summed E-state index contributed by atoms with van der Waals surface area (Å²) in [5, 5.41) is 0. The Morgan fingerprint density at radius 1 is 1.47 bits per heavy atom. The van der Waals surface area contributed by atoms with Crippen LogP contribution in [0.5, 0.6) is 5.75 Å². The highest BCUT2D eigenvalue weighted by Gasteiger charge is 2.17. The summed E-state index contributed by atoms with van der Waals surface area (Å²) in [6.45, 7) is 0.853. The topological polar surface area (TPSA) is 53.7 Å². The molecule has 0 bridgehead atoms. The Labute approximate surface area is 86.7 Å². The average molecular weight is 213 g/mol. The highest BCUT2D eigenvalue weighted by Crippen LogP contribution is 2.28. The van der Waals surface area contributed by atoms with Crippen LogP contribution in [-0.2, 0) is 22.6 Å². The number of halogens is 1. The van der Waals surface area contributed by atoms with Gasteiger partial charge in [-0.3, -0.25) is 0 Å². The Bertz CT molecular complexity index is 357. The van der Waals surface area contributed by atoms with Crippen LogP contribution in [0.4, 0.5) is 4.39 Å². The van der Waals surface area contributed by atoms with Crippen LogP contribution in [0, 0.1) is 5.82 Å². The summed E-state index contributed by atoms with van der Waals surface area (Å²) < 4.78 is 23.8. The number of benzene rings is 1. The minimum atomic E-state index is -0.278. The van der Waals surface area contributed by atoms with E-state index in [2.05, 4.69) is 4.84 Å². The molecule has 0 amide bonds. The van der Waals surface area contributed by atoms with Gasteiger partial charge in [-0.25, -0.2) is 10.3 Å². The second-order valence-electron chi connectivity index (χ2n) is 3.23. The van der Waals surface area contributed by atoms with Crippen molar-refractivity contribution < 1.29 is 18.7 Å². The Balaban J connectivity index is 2.32. The van der Waals surface area contributed by atoms with Crippen molar-refractivity contribution in [2.75, 3.05) is 13.4 Å². The zero-order valence-electron chi connectivity index (χ0n) is 8.16. The first kappa shape index (κ1) is 10.4. The largest absolute Gasteiger partial charge is 0.467 e. The van der Waals surface area contributed by atoms with Gasteiger partial charge in [0.15, 0.2) is 6.79 Å². The lowest BCUT2D eigenvalue weighted by atomic mass is 10.0. The van der Waals surface area contributed by atoms with Gasteiger partial charge >= 0.3 is 0 Å². The molecule has 2 N–H and O–H groups in total. The zero-order valence-corrected chi connectivity index (χ0v) is 8.16.